The van der Waals surface area contributed by atoms with Gasteiger partial charge >= 0.3 is 5.97 Å². The molecule has 0 amide bonds. The summed E-state index contributed by atoms with van der Waals surface area (Å²) in [7, 11) is 0. The Morgan fingerprint density at radius 3 is 2.29 bits per heavy atom. The first kappa shape index (κ1) is 13.1. The van der Waals surface area contributed by atoms with Crippen LogP contribution in [-0.4, -0.2) is 35.6 Å². The van der Waals surface area contributed by atoms with Crippen LogP contribution in [0.5, 0.6) is 0 Å². The van der Waals surface area contributed by atoms with E-state index < -0.39 is 11.9 Å². The van der Waals surface area contributed by atoms with Gasteiger partial charge in [0.2, 0.25) is 0 Å². The summed E-state index contributed by atoms with van der Waals surface area (Å²) in [4.78, 5) is 18.8. The molecule has 8 nitrogen and oxygen atoms in total. The van der Waals surface area contributed by atoms with E-state index in [4.69, 9.17) is 28.0 Å². The molecule has 0 aromatic heterocycles. The summed E-state index contributed by atoms with van der Waals surface area (Å²) in [6.07, 6.45) is 0.894. The van der Waals surface area contributed by atoms with Crippen molar-refractivity contribution >= 4 is 17.9 Å². The van der Waals surface area contributed by atoms with Crippen LogP contribution in [0.1, 0.15) is 12.8 Å². The van der Waals surface area contributed by atoms with Gasteiger partial charge in [-0.15, -0.1) is 0 Å². The number of carboxylic acids is 1. The summed E-state index contributed by atoms with van der Waals surface area (Å²) < 4.78 is 0. The molecule has 0 spiro atoms. The number of aliphatic carboxylic acids is 1. The monoisotopic (exact) mass is 242 g/mol. The number of guanidine groups is 2. The molecule has 1 aliphatic rings. The van der Waals surface area contributed by atoms with Crippen molar-refractivity contribution in [1.29, 1.82) is 0 Å². The minimum atomic E-state index is -0.840. The molecule has 1 aliphatic carbocycles. The molecular weight excluding hydrogens is 224 g/mol. The molecule has 0 aromatic rings. The van der Waals surface area contributed by atoms with E-state index in [2.05, 4.69) is 9.98 Å². The van der Waals surface area contributed by atoms with Gasteiger partial charge < -0.3 is 28.0 Å². The smallest absolute Gasteiger partial charge is 0.306 e. The van der Waals surface area contributed by atoms with Crippen LogP contribution in [0.2, 0.25) is 0 Å². The van der Waals surface area contributed by atoms with Crippen molar-refractivity contribution in [3.63, 3.8) is 0 Å². The van der Waals surface area contributed by atoms with E-state index in [-0.39, 0.29) is 23.9 Å². The number of carbonyl (C=O) groups is 1. The Morgan fingerprint density at radius 1 is 1.18 bits per heavy atom. The van der Waals surface area contributed by atoms with Crippen molar-refractivity contribution in [2.45, 2.75) is 18.9 Å². The van der Waals surface area contributed by atoms with Gasteiger partial charge in [0.1, 0.15) is 0 Å². The fraction of sp³-hybridized carbons (Fsp3) is 0.667. The second-order valence-electron chi connectivity index (χ2n) is 4.15. The summed E-state index contributed by atoms with van der Waals surface area (Å²) in [5.41, 5.74) is 21.1. The zero-order chi connectivity index (χ0) is 13.0. The minimum absolute atomic E-state index is 0.0211. The van der Waals surface area contributed by atoms with Crippen LogP contribution in [0.3, 0.4) is 0 Å². The normalized spacial score (nSPS) is 27.4. The number of carboxylic acid groups (broad SMARTS) is 1. The maximum atomic E-state index is 10.9. The van der Waals surface area contributed by atoms with Crippen LogP contribution in [0.4, 0.5) is 0 Å². The van der Waals surface area contributed by atoms with Crippen molar-refractivity contribution < 1.29 is 9.90 Å². The molecule has 1 fully saturated rings. The highest BCUT2D eigenvalue weighted by molar-refractivity contribution is 5.76. The number of rotatable bonds is 4. The standard InChI is InChI=1S/C9H18N6O2/c10-8(11)14-3-5-1-4(7(16)17)2-6(5)15-9(12)13/h4-6H,1-3H2,(H,16,17)(H4,10,11,14)(H4,12,13,15)/t4-,5-,6+/m1/s1. The van der Waals surface area contributed by atoms with Crippen LogP contribution in [0.15, 0.2) is 9.98 Å². The van der Waals surface area contributed by atoms with Crippen molar-refractivity contribution in [3.8, 4) is 0 Å². The van der Waals surface area contributed by atoms with Crippen molar-refractivity contribution in [1.82, 2.24) is 0 Å². The lowest BCUT2D eigenvalue weighted by molar-refractivity contribution is -0.141. The van der Waals surface area contributed by atoms with Crippen LogP contribution < -0.4 is 22.9 Å². The molecule has 0 unspecified atom stereocenters. The molecule has 9 N–H and O–H groups in total. The second-order valence-corrected chi connectivity index (χ2v) is 4.15. The second kappa shape index (κ2) is 5.37. The first-order chi connectivity index (χ1) is 7.90. The third kappa shape index (κ3) is 3.82. The highest BCUT2D eigenvalue weighted by Crippen LogP contribution is 2.33. The molecular formula is C9H18N6O2. The first-order valence-electron chi connectivity index (χ1n) is 5.27. The number of hydrogen-bond acceptors (Lipinski definition) is 3. The van der Waals surface area contributed by atoms with Crippen molar-refractivity contribution in [2.75, 3.05) is 6.54 Å². The zero-order valence-corrected chi connectivity index (χ0v) is 9.41. The van der Waals surface area contributed by atoms with E-state index in [1.807, 2.05) is 0 Å². The fourth-order valence-corrected chi connectivity index (χ4v) is 2.07. The molecule has 3 atom stereocenters. The van der Waals surface area contributed by atoms with Gasteiger partial charge in [0.25, 0.3) is 0 Å². The van der Waals surface area contributed by atoms with Crippen LogP contribution in [0, 0.1) is 11.8 Å². The van der Waals surface area contributed by atoms with Gasteiger partial charge in [-0.2, -0.15) is 0 Å². The highest BCUT2D eigenvalue weighted by atomic mass is 16.4. The van der Waals surface area contributed by atoms with Gasteiger partial charge in [0, 0.05) is 12.5 Å². The van der Waals surface area contributed by atoms with E-state index in [1.165, 1.54) is 0 Å². The molecule has 0 saturated heterocycles. The maximum Gasteiger partial charge on any atom is 0.306 e. The summed E-state index contributed by atoms with van der Waals surface area (Å²) in [5, 5.41) is 8.96. The fourth-order valence-electron chi connectivity index (χ4n) is 2.07. The number of nitrogens with two attached hydrogens (primary N) is 4. The predicted molar refractivity (Wildman–Crippen MR) is 64.1 cm³/mol. The first-order valence-corrected chi connectivity index (χ1v) is 5.27. The Morgan fingerprint density at radius 2 is 1.82 bits per heavy atom. The molecule has 8 heteroatoms. The Hall–Kier alpha value is -1.99. The summed E-state index contributed by atoms with van der Waals surface area (Å²) in [5.74, 6) is -1.39. The van der Waals surface area contributed by atoms with E-state index in [9.17, 15) is 4.79 Å². The molecule has 96 valence electrons. The van der Waals surface area contributed by atoms with E-state index in [1.54, 1.807) is 0 Å². The summed E-state index contributed by atoms with van der Waals surface area (Å²) in [6, 6.07) is -0.232. The molecule has 1 rings (SSSR count). The van der Waals surface area contributed by atoms with Crippen LogP contribution >= 0.6 is 0 Å². The Kier molecular flexibility index (Phi) is 4.13. The predicted octanol–water partition coefficient (Wildman–Crippen LogP) is -1.99. The van der Waals surface area contributed by atoms with Gasteiger partial charge in [-0.25, -0.2) is 4.99 Å². The zero-order valence-electron chi connectivity index (χ0n) is 9.41. The van der Waals surface area contributed by atoms with E-state index in [0.29, 0.717) is 19.4 Å². The highest BCUT2D eigenvalue weighted by Gasteiger charge is 2.37. The largest absolute Gasteiger partial charge is 0.481 e. The third-order valence-corrected chi connectivity index (χ3v) is 2.83. The molecule has 0 aliphatic heterocycles. The lowest BCUT2D eigenvalue weighted by Gasteiger charge is -2.13. The third-order valence-electron chi connectivity index (χ3n) is 2.83. The van der Waals surface area contributed by atoms with Gasteiger partial charge in [-0.05, 0) is 12.8 Å². The van der Waals surface area contributed by atoms with E-state index in [0.717, 1.165) is 0 Å². The number of nitrogens with zero attached hydrogens (tertiary/aromatic N) is 2. The summed E-state index contributed by atoms with van der Waals surface area (Å²) in [6.45, 7) is 0.341. The molecule has 17 heavy (non-hydrogen) atoms. The van der Waals surface area contributed by atoms with Crippen LogP contribution in [-0.2, 0) is 4.79 Å². The SMILES string of the molecule is NC(N)=NC[C@H]1C[C@@H](C(=O)O)C[C@@H]1N=C(N)N. The van der Waals surface area contributed by atoms with Crippen molar-refractivity contribution in [2.24, 2.45) is 44.8 Å². The molecule has 0 aromatic carbocycles. The lowest BCUT2D eigenvalue weighted by Crippen LogP contribution is -2.28. The Balaban J connectivity index is 2.73. The average Bonchev–Trinajstić information content (AvgIpc) is 2.57. The Labute approximate surface area is 98.8 Å². The average molecular weight is 242 g/mol. The van der Waals surface area contributed by atoms with Gasteiger partial charge in [-0.3, -0.25) is 9.79 Å². The lowest BCUT2D eigenvalue weighted by atomic mass is 10.0. The molecule has 0 bridgehead atoms. The van der Waals surface area contributed by atoms with Gasteiger partial charge in [-0.1, -0.05) is 0 Å². The van der Waals surface area contributed by atoms with E-state index >= 15 is 0 Å². The number of hydrogen-bond donors (Lipinski definition) is 5. The molecule has 0 heterocycles. The van der Waals surface area contributed by atoms with Gasteiger partial charge in [0.05, 0.1) is 12.0 Å². The van der Waals surface area contributed by atoms with Crippen LogP contribution in [0.25, 0.3) is 0 Å². The Bertz CT molecular complexity index is 345. The number of aliphatic imine (C=N–C) groups is 2. The minimum Gasteiger partial charge on any atom is -0.481 e. The molecule has 1 saturated carbocycles. The van der Waals surface area contributed by atoms with Crippen molar-refractivity contribution in [3.05, 3.63) is 0 Å². The summed E-state index contributed by atoms with van der Waals surface area (Å²) >= 11 is 0. The topological polar surface area (TPSA) is 166 Å². The van der Waals surface area contributed by atoms with Gasteiger partial charge in [0.15, 0.2) is 11.9 Å². The maximum absolute atomic E-state index is 10.9. The quantitative estimate of drug-likeness (QED) is 0.282. The molecule has 0 radical (unpaired) electrons.